The van der Waals surface area contributed by atoms with Crippen molar-refractivity contribution in [1.29, 1.82) is 0 Å². The van der Waals surface area contributed by atoms with Crippen LogP contribution in [-0.4, -0.2) is 5.11 Å². The molecule has 1 heteroatoms. The second kappa shape index (κ2) is 18.3. The van der Waals surface area contributed by atoms with Gasteiger partial charge < -0.3 is 5.11 Å². The van der Waals surface area contributed by atoms with E-state index in [2.05, 4.69) is 19.6 Å². The summed E-state index contributed by atoms with van der Waals surface area (Å²) in [6.07, 6.45) is 30.3. The van der Waals surface area contributed by atoms with Crippen LogP contribution in [0.4, 0.5) is 0 Å². The van der Waals surface area contributed by atoms with Crippen molar-refractivity contribution in [3.8, 4) is 0 Å². The highest BCUT2D eigenvalue weighted by molar-refractivity contribution is 5.21. The van der Waals surface area contributed by atoms with E-state index >= 15 is 0 Å². The molecule has 0 radical (unpaired) electrons. The molecule has 1 N–H and O–H groups in total. The molecule has 0 spiro atoms. The topological polar surface area (TPSA) is 20.2 Å². The van der Waals surface area contributed by atoms with Crippen LogP contribution in [0.5, 0.6) is 0 Å². The van der Waals surface area contributed by atoms with E-state index in [1.54, 1.807) is 18.2 Å². The SMILES string of the molecule is C=CC=CC=CC=CC=C(O)C=CCCCCCCCCCC. The molecule has 128 valence electrons. The number of allylic oxidation sites excluding steroid dienone is 10. The summed E-state index contributed by atoms with van der Waals surface area (Å²) in [4.78, 5) is 0. The molecule has 0 amide bonds. The van der Waals surface area contributed by atoms with Crippen molar-refractivity contribution < 1.29 is 5.11 Å². The maximum atomic E-state index is 9.68. The molecular formula is C22H34O. The molecular weight excluding hydrogens is 280 g/mol. The quantitative estimate of drug-likeness (QED) is 0.201. The van der Waals surface area contributed by atoms with Crippen molar-refractivity contribution in [3.63, 3.8) is 0 Å². The molecule has 0 aliphatic heterocycles. The Labute approximate surface area is 143 Å². The third kappa shape index (κ3) is 18.2. The van der Waals surface area contributed by atoms with E-state index in [0.717, 1.165) is 6.42 Å². The van der Waals surface area contributed by atoms with Crippen LogP contribution in [0, 0.1) is 0 Å². The lowest BCUT2D eigenvalue weighted by atomic mass is 10.1. The maximum absolute atomic E-state index is 9.68. The van der Waals surface area contributed by atoms with Crippen LogP contribution in [-0.2, 0) is 0 Å². The normalized spacial score (nSPS) is 13.2. The molecule has 0 atom stereocenters. The molecule has 23 heavy (non-hydrogen) atoms. The molecule has 0 saturated heterocycles. The molecule has 0 aliphatic rings. The first-order valence-electron chi connectivity index (χ1n) is 8.99. The Morgan fingerprint density at radius 1 is 0.783 bits per heavy atom. The molecule has 0 aromatic rings. The van der Waals surface area contributed by atoms with E-state index in [1.165, 1.54) is 51.4 Å². The fraction of sp³-hybridized carbons (Fsp3) is 0.455. The minimum absolute atomic E-state index is 0.302. The lowest BCUT2D eigenvalue weighted by Crippen LogP contribution is -1.80. The van der Waals surface area contributed by atoms with Crippen LogP contribution >= 0.6 is 0 Å². The fourth-order valence-corrected chi connectivity index (χ4v) is 2.15. The molecule has 0 heterocycles. The maximum Gasteiger partial charge on any atom is 0.115 e. The molecule has 0 aliphatic carbocycles. The fourth-order valence-electron chi connectivity index (χ4n) is 2.15. The van der Waals surface area contributed by atoms with Gasteiger partial charge in [-0.1, -0.05) is 107 Å². The van der Waals surface area contributed by atoms with Crippen LogP contribution < -0.4 is 0 Å². The van der Waals surface area contributed by atoms with Gasteiger partial charge in [-0.25, -0.2) is 0 Å². The third-order valence-electron chi connectivity index (χ3n) is 3.47. The third-order valence-corrected chi connectivity index (χ3v) is 3.47. The first-order valence-corrected chi connectivity index (χ1v) is 8.99. The summed E-state index contributed by atoms with van der Waals surface area (Å²) in [6.45, 7) is 5.85. The van der Waals surface area contributed by atoms with Gasteiger partial charge in [-0.15, -0.1) is 0 Å². The van der Waals surface area contributed by atoms with Gasteiger partial charge in [0, 0.05) is 0 Å². The van der Waals surface area contributed by atoms with Crippen molar-refractivity contribution in [1.82, 2.24) is 0 Å². The molecule has 0 bridgehead atoms. The van der Waals surface area contributed by atoms with Crippen molar-refractivity contribution in [2.45, 2.75) is 64.7 Å². The molecule has 0 aromatic heterocycles. The zero-order valence-corrected chi connectivity index (χ0v) is 14.8. The number of unbranched alkanes of at least 4 members (excludes halogenated alkanes) is 8. The average molecular weight is 315 g/mol. The number of hydrogen-bond acceptors (Lipinski definition) is 1. The largest absolute Gasteiger partial charge is 0.508 e. The van der Waals surface area contributed by atoms with Gasteiger partial charge in [-0.2, -0.15) is 0 Å². The van der Waals surface area contributed by atoms with E-state index in [-0.39, 0.29) is 0 Å². The second-order valence-electron chi connectivity index (χ2n) is 5.65. The Bertz CT molecular complexity index is 408. The summed E-state index contributed by atoms with van der Waals surface area (Å²) >= 11 is 0. The van der Waals surface area contributed by atoms with Crippen molar-refractivity contribution in [2.24, 2.45) is 0 Å². The predicted octanol–water partition coefficient (Wildman–Crippen LogP) is 7.37. The Hall–Kier alpha value is -1.76. The first-order chi connectivity index (χ1) is 11.3. The minimum Gasteiger partial charge on any atom is -0.508 e. The molecule has 0 saturated carbocycles. The lowest BCUT2D eigenvalue weighted by Gasteiger charge is -1.99. The van der Waals surface area contributed by atoms with Crippen LogP contribution in [0.2, 0.25) is 0 Å². The van der Waals surface area contributed by atoms with Gasteiger partial charge in [0.25, 0.3) is 0 Å². The number of aliphatic hydroxyl groups is 1. The Kier molecular flexibility index (Phi) is 16.9. The number of aliphatic hydroxyl groups excluding tert-OH is 1. The van der Waals surface area contributed by atoms with E-state index in [1.807, 2.05) is 36.5 Å². The van der Waals surface area contributed by atoms with Crippen LogP contribution in [0.1, 0.15) is 64.7 Å². The number of rotatable bonds is 14. The van der Waals surface area contributed by atoms with Gasteiger partial charge in [-0.05, 0) is 25.0 Å². The smallest absolute Gasteiger partial charge is 0.115 e. The Balaban J connectivity index is 3.63. The van der Waals surface area contributed by atoms with E-state index in [0.29, 0.717) is 5.76 Å². The van der Waals surface area contributed by atoms with Gasteiger partial charge in [0.05, 0.1) is 0 Å². The van der Waals surface area contributed by atoms with Gasteiger partial charge in [-0.3, -0.25) is 0 Å². The molecule has 0 aromatic carbocycles. The minimum atomic E-state index is 0.302. The Morgan fingerprint density at radius 2 is 1.35 bits per heavy atom. The zero-order valence-electron chi connectivity index (χ0n) is 14.8. The van der Waals surface area contributed by atoms with Gasteiger partial charge in [0.2, 0.25) is 0 Å². The summed E-state index contributed by atoms with van der Waals surface area (Å²) in [5, 5.41) is 9.68. The summed E-state index contributed by atoms with van der Waals surface area (Å²) in [5.41, 5.74) is 0. The van der Waals surface area contributed by atoms with Crippen LogP contribution in [0.3, 0.4) is 0 Å². The van der Waals surface area contributed by atoms with E-state index in [9.17, 15) is 5.11 Å². The van der Waals surface area contributed by atoms with Gasteiger partial charge in [0.15, 0.2) is 0 Å². The molecule has 0 rings (SSSR count). The van der Waals surface area contributed by atoms with Crippen molar-refractivity contribution in [3.05, 3.63) is 73.1 Å². The van der Waals surface area contributed by atoms with E-state index < -0.39 is 0 Å². The summed E-state index contributed by atoms with van der Waals surface area (Å²) in [6, 6.07) is 0. The monoisotopic (exact) mass is 314 g/mol. The average Bonchev–Trinajstić information content (AvgIpc) is 2.55. The molecule has 0 fully saturated rings. The van der Waals surface area contributed by atoms with Crippen LogP contribution in [0.25, 0.3) is 0 Å². The van der Waals surface area contributed by atoms with Crippen LogP contribution in [0.15, 0.2) is 73.1 Å². The highest BCUT2D eigenvalue weighted by Gasteiger charge is 1.90. The van der Waals surface area contributed by atoms with Crippen molar-refractivity contribution >= 4 is 0 Å². The summed E-state index contributed by atoms with van der Waals surface area (Å²) in [7, 11) is 0. The van der Waals surface area contributed by atoms with E-state index in [4.69, 9.17) is 0 Å². The second-order valence-corrected chi connectivity index (χ2v) is 5.65. The predicted molar refractivity (Wildman–Crippen MR) is 105 cm³/mol. The highest BCUT2D eigenvalue weighted by atomic mass is 16.3. The first kappa shape index (κ1) is 21.2. The van der Waals surface area contributed by atoms with Crippen molar-refractivity contribution in [2.75, 3.05) is 0 Å². The number of hydrogen-bond donors (Lipinski definition) is 1. The molecule has 1 nitrogen and oxygen atoms in total. The van der Waals surface area contributed by atoms with Gasteiger partial charge >= 0.3 is 0 Å². The summed E-state index contributed by atoms with van der Waals surface area (Å²) in [5.74, 6) is 0.302. The zero-order chi connectivity index (χ0) is 17.0. The highest BCUT2D eigenvalue weighted by Crippen LogP contribution is 2.10. The standard InChI is InChI=1S/C22H34O/c1-3-5-7-9-11-12-13-15-17-19-21-22(23)20-18-16-14-10-8-6-4-2/h4,6,8,10,14,16,18-21,23H,2-3,5,7,9,11-13,15,17H2,1H3. The lowest BCUT2D eigenvalue weighted by molar-refractivity contribution is 0.432. The Morgan fingerprint density at radius 3 is 2.00 bits per heavy atom. The molecule has 0 unspecified atom stereocenters. The summed E-state index contributed by atoms with van der Waals surface area (Å²) < 4.78 is 0. The van der Waals surface area contributed by atoms with Gasteiger partial charge in [0.1, 0.15) is 5.76 Å².